The van der Waals surface area contributed by atoms with Gasteiger partial charge in [0.15, 0.2) is 4.96 Å². The van der Waals surface area contributed by atoms with Crippen LogP contribution in [0.15, 0.2) is 40.8 Å². The molecule has 0 unspecified atom stereocenters. The predicted octanol–water partition coefficient (Wildman–Crippen LogP) is 4.32. The third-order valence-corrected chi connectivity index (χ3v) is 4.99. The van der Waals surface area contributed by atoms with Gasteiger partial charge in [-0.3, -0.25) is 9.83 Å². The summed E-state index contributed by atoms with van der Waals surface area (Å²) >= 11 is 1.64. The van der Waals surface area contributed by atoms with E-state index in [0.717, 1.165) is 38.8 Å². The Morgan fingerprint density at radius 1 is 1.17 bits per heavy atom. The Morgan fingerprint density at radius 2 is 2.00 bits per heavy atom. The molecule has 0 aliphatic carbocycles. The number of hydrogen-bond acceptors (Lipinski definition) is 5. The van der Waals surface area contributed by atoms with Gasteiger partial charge in [0.2, 0.25) is 0 Å². The van der Waals surface area contributed by atoms with Crippen molar-refractivity contribution in [3.8, 4) is 0 Å². The number of nitrogens with zero attached hydrogens (tertiary/aromatic N) is 4. The minimum atomic E-state index is 0.739. The van der Waals surface area contributed by atoms with Crippen LogP contribution in [0.4, 0.5) is 5.82 Å². The van der Waals surface area contributed by atoms with Gasteiger partial charge in [0.05, 0.1) is 23.1 Å². The average Bonchev–Trinajstić information content (AvgIpc) is 3.07. The highest BCUT2D eigenvalue weighted by Gasteiger charge is 2.10. The standard InChI is InChI=1S/C18H17N5S/c1-11-8-17(21-15-7-5-4-6-14(11)15)22-19-9-16-13(3)20-18-23(16)12(2)10-24-18/h4-10H,1-3H3,(H,21,22)/b19-9+. The largest absolute Gasteiger partial charge is 0.286 e. The van der Waals surface area contributed by atoms with Crippen molar-refractivity contribution < 1.29 is 0 Å². The number of para-hydroxylation sites is 1. The SMILES string of the molecule is Cc1nc2scc(C)n2c1/C=N/Nc1cc(C)c2ccccc2n1. The first-order chi connectivity index (χ1) is 11.6. The van der Waals surface area contributed by atoms with E-state index in [9.17, 15) is 0 Å². The summed E-state index contributed by atoms with van der Waals surface area (Å²) in [6, 6.07) is 10.1. The molecule has 4 aromatic rings. The molecule has 3 aromatic heterocycles. The fourth-order valence-electron chi connectivity index (χ4n) is 2.84. The number of benzene rings is 1. The first-order valence-electron chi connectivity index (χ1n) is 7.72. The molecule has 0 atom stereocenters. The van der Waals surface area contributed by atoms with Crippen molar-refractivity contribution in [2.45, 2.75) is 20.8 Å². The zero-order chi connectivity index (χ0) is 16.7. The molecular weight excluding hydrogens is 318 g/mol. The van der Waals surface area contributed by atoms with Crippen molar-refractivity contribution in [1.29, 1.82) is 0 Å². The summed E-state index contributed by atoms with van der Waals surface area (Å²) in [6.07, 6.45) is 1.81. The quantitative estimate of drug-likeness (QED) is 0.448. The van der Waals surface area contributed by atoms with E-state index < -0.39 is 0 Å². The van der Waals surface area contributed by atoms with Crippen LogP contribution >= 0.6 is 11.3 Å². The number of rotatable bonds is 3. The summed E-state index contributed by atoms with van der Waals surface area (Å²) in [5.74, 6) is 0.739. The molecule has 0 saturated carbocycles. The zero-order valence-electron chi connectivity index (χ0n) is 13.7. The van der Waals surface area contributed by atoms with Gasteiger partial charge in [0.25, 0.3) is 0 Å². The molecule has 0 radical (unpaired) electrons. The number of anilines is 1. The molecule has 0 aliphatic rings. The van der Waals surface area contributed by atoms with Crippen LogP contribution in [0.5, 0.6) is 0 Å². The Hall–Kier alpha value is -2.73. The van der Waals surface area contributed by atoms with Gasteiger partial charge in [-0.25, -0.2) is 9.97 Å². The molecule has 1 aromatic carbocycles. The van der Waals surface area contributed by atoms with Crippen molar-refractivity contribution in [1.82, 2.24) is 14.4 Å². The summed E-state index contributed by atoms with van der Waals surface area (Å²) in [4.78, 5) is 10.2. The Bertz CT molecular complexity index is 1070. The van der Waals surface area contributed by atoms with E-state index in [1.165, 1.54) is 5.56 Å². The van der Waals surface area contributed by atoms with Crippen molar-refractivity contribution in [2.75, 3.05) is 5.43 Å². The van der Waals surface area contributed by atoms with Gasteiger partial charge >= 0.3 is 0 Å². The maximum absolute atomic E-state index is 4.60. The number of fused-ring (bicyclic) bond motifs is 2. The van der Waals surface area contributed by atoms with E-state index in [0.29, 0.717) is 0 Å². The number of nitrogens with one attached hydrogen (secondary N) is 1. The summed E-state index contributed by atoms with van der Waals surface area (Å²) in [6.45, 7) is 6.15. The Morgan fingerprint density at radius 3 is 2.88 bits per heavy atom. The van der Waals surface area contributed by atoms with Gasteiger partial charge in [-0.05, 0) is 38.5 Å². The number of hydrazone groups is 1. The minimum absolute atomic E-state index is 0.739. The number of pyridine rings is 1. The smallest absolute Gasteiger partial charge is 0.194 e. The molecule has 5 nitrogen and oxygen atoms in total. The number of imidazole rings is 1. The van der Waals surface area contributed by atoms with Crippen molar-refractivity contribution in [3.63, 3.8) is 0 Å². The minimum Gasteiger partial charge on any atom is -0.286 e. The van der Waals surface area contributed by atoms with Crippen LogP contribution < -0.4 is 5.43 Å². The van der Waals surface area contributed by atoms with E-state index in [-0.39, 0.29) is 0 Å². The summed E-state index contributed by atoms with van der Waals surface area (Å²) < 4.78 is 2.12. The maximum Gasteiger partial charge on any atom is 0.194 e. The molecule has 0 amide bonds. The molecule has 0 bridgehead atoms. The number of aryl methyl sites for hydroxylation is 3. The van der Waals surface area contributed by atoms with Gasteiger partial charge in [0.1, 0.15) is 5.82 Å². The average molecular weight is 335 g/mol. The fraction of sp³-hybridized carbons (Fsp3) is 0.167. The molecular formula is C18H17N5S. The second-order valence-corrected chi connectivity index (χ2v) is 6.63. The number of aromatic nitrogens is 3. The molecule has 6 heteroatoms. The third kappa shape index (κ3) is 2.45. The third-order valence-electron chi connectivity index (χ3n) is 4.04. The van der Waals surface area contributed by atoms with Crippen molar-refractivity contribution in [3.05, 3.63) is 58.4 Å². The van der Waals surface area contributed by atoms with Gasteiger partial charge in [-0.1, -0.05) is 18.2 Å². The van der Waals surface area contributed by atoms with Gasteiger partial charge in [-0.2, -0.15) is 5.10 Å². The first kappa shape index (κ1) is 14.8. The van der Waals surface area contributed by atoms with Gasteiger partial charge in [-0.15, -0.1) is 11.3 Å². The Labute approximate surface area is 143 Å². The molecule has 0 saturated heterocycles. The van der Waals surface area contributed by atoms with E-state index in [2.05, 4.69) is 50.2 Å². The normalized spacial score (nSPS) is 11.8. The summed E-state index contributed by atoms with van der Waals surface area (Å²) in [5.41, 5.74) is 8.31. The van der Waals surface area contributed by atoms with Gasteiger partial charge < -0.3 is 0 Å². The lowest BCUT2D eigenvalue weighted by atomic mass is 10.1. The van der Waals surface area contributed by atoms with Crippen LogP contribution in [0, 0.1) is 20.8 Å². The lowest BCUT2D eigenvalue weighted by molar-refractivity contribution is 1.11. The summed E-state index contributed by atoms with van der Waals surface area (Å²) in [5, 5.41) is 7.63. The highest BCUT2D eigenvalue weighted by Crippen LogP contribution is 2.21. The predicted molar refractivity (Wildman–Crippen MR) is 100 cm³/mol. The Balaban J connectivity index is 1.65. The fourth-order valence-corrected chi connectivity index (χ4v) is 3.76. The van der Waals surface area contributed by atoms with Crippen LogP contribution in [0.1, 0.15) is 22.6 Å². The van der Waals surface area contributed by atoms with Gasteiger partial charge in [0, 0.05) is 16.5 Å². The molecule has 1 N–H and O–H groups in total. The highest BCUT2D eigenvalue weighted by atomic mass is 32.1. The van der Waals surface area contributed by atoms with Crippen LogP contribution in [-0.2, 0) is 0 Å². The summed E-state index contributed by atoms with van der Waals surface area (Å²) in [7, 11) is 0. The van der Waals surface area contributed by atoms with Crippen molar-refractivity contribution in [2.24, 2.45) is 5.10 Å². The van der Waals surface area contributed by atoms with E-state index >= 15 is 0 Å². The lowest BCUT2D eigenvalue weighted by Crippen LogP contribution is -1.98. The first-order valence-corrected chi connectivity index (χ1v) is 8.60. The molecule has 0 spiro atoms. The van der Waals surface area contributed by atoms with E-state index in [1.54, 1.807) is 17.6 Å². The van der Waals surface area contributed by atoms with Crippen LogP contribution in [0.25, 0.3) is 15.9 Å². The molecule has 120 valence electrons. The number of hydrogen-bond donors (Lipinski definition) is 1. The molecule has 24 heavy (non-hydrogen) atoms. The molecule has 3 heterocycles. The van der Waals surface area contributed by atoms with E-state index in [4.69, 9.17) is 0 Å². The number of thiazole rings is 1. The van der Waals surface area contributed by atoms with E-state index in [1.807, 2.05) is 31.2 Å². The second kappa shape index (κ2) is 5.72. The topological polar surface area (TPSA) is 54.6 Å². The molecule has 0 aliphatic heterocycles. The highest BCUT2D eigenvalue weighted by molar-refractivity contribution is 7.15. The Kier molecular flexibility index (Phi) is 3.54. The monoisotopic (exact) mass is 335 g/mol. The second-order valence-electron chi connectivity index (χ2n) is 5.79. The zero-order valence-corrected chi connectivity index (χ0v) is 14.6. The lowest BCUT2D eigenvalue weighted by Gasteiger charge is -2.05. The van der Waals surface area contributed by atoms with Crippen molar-refractivity contribution >= 4 is 39.2 Å². The molecule has 0 fully saturated rings. The van der Waals surface area contributed by atoms with Crippen LogP contribution in [0.2, 0.25) is 0 Å². The van der Waals surface area contributed by atoms with Crippen LogP contribution in [-0.4, -0.2) is 20.6 Å². The maximum atomic E-state index is 4.60. The van der Waals surface area contributed by atoms with Crippen LogP contribution in [0.3, 0.4) is 0 Å². The molecule has 4 rings (SSSR count).